The van der Waals surface area contributed by atoms with E-state index in [1.165, 1.54) is 11.1 Å². The molecule has 0 radical (unpaired) electrons. The molecule has 7 heteroatoms. The second kappa shape index (κ2) is 6.83. The molecule has 0 saturated heterocycles. The number of rotatable bonds is 3. The maximum atomic E-state index is 14.5. The van der Waals surface area contributed by atoms with Gasteiger partial charge in [-0.1, -0.05) is 34.8 Å². The Morgan fingerprint density at radius 2 is 2.11 bits per heavy atom. The summed E-state index contributed by atoms with van der Waals surface area (Å²) in [7, 11) is 0. The van der Waals surface area contributed by atoms with Gasteiger partial charge in [0.1, 0.15) is 12.2 Å². The van der Waals surface area contributed by atoms with Crippen molar-refractivity contribution in [2.24, 2.45) is 4.99 Å². The van der Waals surface area contributed by atoms with E-state index >= 15 is 0 Å². The number of aromatic nitrogens is 3. The van der Waals surface area contributed by atoms with Gasteiger partial charge in [-0.2, -0.15) is 5.10 Å². The van der Waals surface area contributed by atoms with E-state index in [1.807, 2.05) is 10.7 Å². The number of halogens is 1. The van der Waals surface area contributed by atoms with Crippen LogP contribution in [0.15, 0.2) is 76.8 Å². The van der Waals surface area contributed by atoms with Crippen molar-refractivity contribution in [3.05, 3.63) is 83.2 Å². The number of allylic oxidation sites excluding steroid dienone is 3. The first kappa shape index (κ1) is 17.1. The van der Waals surface area contributed by atoms with Crippen molar-refractivity contribution in [2.75, 3.05) is 6.54 Å². The molecule has 0 bridgehead atoms. The molecule has 1 aliphatic carbocycles. The number of hydrogen-bond donors (Lipinski definition) is 1. The van der Waals surface area contributed by atoms with Gasteiger partial charge in [-0.25, -0.2) is 15.1 Å². The molecule has 2 aromatic rings. The van der Waals surface area contributed by atoms with Crippen LogP contribution in [0.1, 0.15) is 36.6 Å². The minimum Gasteiger partial charge on any atom is -0.260 e. The number of hydrogen-bond acceptors (Lipinski definition) is 5. The molecule has 1 aromatic heterocycles. The Balaban J connectivity index is 1.74. The van der Waals surface area contributed by atoms with Crippen molar-refractivity contribution >= 4 is 5.71 Å². The van der Waals surface area contributed by atoms with E-state index < -0.39 is 0 Å². The van der Waals surface area contributed by atoms with Crippen molar-refractivity contribution in [3.63, 3.8) is 0 Å². The predicted octanol–water partition coefficient (Wildman–Crippen LogP) is 3.42. The molecule has 142 valence electrons. The summed E-state index contributed by atoms with van der Waals surface area (Å²) < 4.78 is 16.5. The second-order valence-corrected chi connectivity index (χ2v) is 7.14. The molecule has 3 aliphatic rings. The summed E-state index contributed by atoms with van der Waals surface area (Å²) in [6.45, 7) is 3.25. The summed E-state index contributed by atoms with van der Waals surface area (Å²) >= 11 is 0. The highest BCUT2D eigenvalue weighted by molar-refractivity contribution is 6.10. The Bertz CT molecular complexity index is 1020. The third kappa shape index (κ3) is 2.62. The van der Waals surface area contributed by atoms with Crippen LogP contribution in [0.2, 0.25) is 0 Å². The first-order chi connectivity index (χ1) is 13.8. The zero-order valence-corrected chi connectivity index (χ0v) is 15.6. The lowest BCUT2D eigenvalue weighted by atomic mass is 9.70. The van der Waals surface area contributed by atoms with Gasteiger partial charge in [-0.3, -0.25) is 4.99 Å². The maximum Gasteiger partial charge on any atom is 0.138 e. The van der Waals surface area contributed by atoms with Crippen molar-refractivity contribution < 1.29 is 4.48 Å². The fourth-order valence-corrected chi connectivity index (χ4v) is 4.46. The fraction of sp³-hybridized carbons (Fsp3) is 0.286. The second-order valence-electron chi connectivity index (χ2n) is 7.14. The van der Waals surface area contributed by atoms with Crippen LogP contribution in [0.5, 0.6) is 0 Å². The monoisotopic (exact) mass is 376 g/mol. The van der Waals surface area contributed by atoms with E-state index in [1.54, 1.807) is 24.7 Å². The number of benzene rings is 1. The minimum absolute atomic E-state index is 0.0961. The first-order valence-electron chi connectivity index (χ1n) is 9.57. The average Bonchev–Trinajstić information content (AvgIpc) is 3.09. The Morgan fingerprint density at radius 1 is 1.25 bits per heavy atom. The molecule has 2 unspecified atom stereocenters. The third-order valence-electron chi connectivity index (χ3n) is 5.68. The van der Waals surface area contributed by atoms with Crippen LogP contribution in [-0.4, -0.2) is 32.3 Å². The van der Waals surface area contributed by atoms with Gasteiger partial charge in [-0.15, -0.1) is 5.23 Å². The van der Waals surface area contributed by atoms with Crippen molar-refractivity contribution in [3.8, 4) is 0 Å². The van der Waals surface area contributed by atoms with Gasteiger partial charge in [0.05, 0.1) is 17.3 Å². The van der Waals surface area contributed by atoms with Gasteiger partial charge in [0.15, 0.2) is 0 Å². The van der Waals surface area contributed by atoms with E-state index in [0.29, 0.717) is 17.5 Å². The van der Waals surface area contributed by atoms with E-state index in [0.717, 1.165) is 30.1 Å². The van der Waals surface area contributed by atoms with Gasteiger partial charge in [0.25, 0.3) is 0 Å². The van der Waals surface area contributed by atoms with Crippen LogP contribution in [0.3, 0.4) is 0 Å². The topological polar surface area (TPSA) is 58.3 Å². The van der Waals surface area contributed by atoms with Gasteiger partial charge < -0.3 is 0 Å². The van der Waals surface area contributed by atoms with Crippen LogP contribution in [0, 0.1) is 0 Å². The number of nitrogens with zero attached hydrogens (tertiary/aromatic N) is 5. The van der Waals surface area contributed by atoms with E-state index in [-0.39, 0.29) is 11.8 Å². The zero-order chi connectivity index (χ0) is 19.1. The van der Waals surface area contributed by atoms with Crippen LogP contribution in [0.25, 0.3) is 0 Å². The summed E-state index contributed by atoms with van der Waals surface area (Å²) in [5.74, 6) is 0.940. The van der Waals surface area contributed by atoms with Crippen molar-refractivity contribution in [2.45, 2.75) is 31.7 Å². The summed E-state index contributed by atoms with van der Waals surface area (Å²) in [4.78, 5) is 9.38. The third-order valence-corrected chi connectivity index (χ3v) is 5.68. The lowest BCUT2D eigenvalue weighted by Gasteiger charge is -2.39. The van der Waals surface area contributed by atoms with Crippen LogP contribution in [0.4, 0.5) is 4.48 Å². The molecule has 0 fully saturated rings. The first-order valence-corrected chi connectivity index (χ1v) is 9.57. The number of aliphatic imine (C=N–C) groups is 1. The highest BCUT2D eigenvalue weighted by Gasteiger charge is 2.43. The summed E-state index contributed by atoms with van der Waals surface area (Å²) in [6, 6.07) is 10.4. The lowest BCUT2D eigenvalue weighted by Crippen LogP contribution is -2.43. The summed E-state index contributed by atoms with van der Waals surface area (Å²) in [5, 5.41) is 5.00. The molecule has 0 spiro atoms. The van der Waals surface area contributed by atoms with Crippen LogP contribution >= 0.6 is 0 Å². The number of aryl methyl sites for hydroxylation is 1. The molecular weight excluding hydrogens is 355 g/mol. The fourth-order valence-electron chi connectivity index (χ4n) is 4.46. The smallest absolute Gasteiger partial charge is 0.138 e. The van der Waals surface area contributed by atoms with Crippen molar-refractivity contribution in [1.82, 2.24) is 25.4 Å². The number of nitrogens with one attached hydrogen (secondary N) is 1. The quantitative estimate of drug-likeness (QED) is 0.834. The molecule has 1 aromatic carbocycles. The average molecular weight is 376 g/mol. The Kier molecular flexibility index (Phi) is 4.16. The van der Waals surface area contributed by atoms with Gasteiger partial charge in [-0.05, 0) is 36.6 Å². The molecule has 2 aliphatic heterocycles. The molecule has 5 rings (SSSR count). The van der Waals surface area contributed by atoms with Gasteiger partial charge >= 0.3 is 0 Å². The zero-order valence-electron chi connectivity index (χ0n) is 15.6. The largest absolute Gasteiger partial charge is 0.260 e. The van der Waals surface area contributed by atoms with Crippen LogP contribution < -0.4 is 5.43 Å². The standard InChI is InChI=1S/C21H21FN6/c1-2-27-21(24-13-26-27)19-16(14-7-4-3-5-8-14)11-15-12-25-28(22)17-9-6-10-23-20(19)18(15)17/h3-10,13,16,19,25H,2,11-12H2,1H3. The normalized spacial score (nSPS) is 23.9. The van der Waals surface area contributed by atoms with Gasteiger partial charge in [0.2, 0.25) is 0 Å². The molecule has 0 saturated carbocycles. The predicted molar refractivity (Wildman–Crippen MR) is 105 cm³/mol. The van der Waals surface area contributed by atoms with Gasteiger partial charge in [0, 0.05) is 30.8 Å². The lowest BCUT2D eigenvalue weighted by molar-refractivity contribution is 0.0112. The maximum absolute atomic E-state index is 14.5. The minimum atomic E-state index is -0.0961. The SMILES string of the molecule is CCn1ncnc1C1C2=NC=CC=C3C2=C(CNN3F)CC1c1ccccc1. The molecule has 0 amide bonds. The van der Waals surface area contributed by atoms with E-state index in [9.17, 15) is 4.48 Å². The molecular formula is C21H21FN6. The Morgan fingerprint density at radius 3 is 2.93 bits per heavy atom. The van der Waals surface area contributed by atoms with E-state index in [2.05, 4.69) is 46.7 Å². The highest BCUT2D eigenvalue weighted by Crippen LogP contribution is 2.47. The molecule has 1 N–H and O–H groups in total. The molecule has 28 heavy (non-hydrogen) atoms. The molecule has 6 nitrogen and oxygen atoms in total. The van der Waals surface area contributed by atoms with E-state index in [4.69, 9.17) is 4.99 Å². The van der Waals surface area contributed by atoms with Crippen LogP contribution in [-0.2, 0) is 6.54 Å². The van der Waals surface area contributed by atoms with Crippen molar-refractivity contribution in [1.29, 1.82) is 0 Å². The summed E-state index contributed by atoms with van der Waals surface area (Å²) in [5.41, 5.74) is 7.50. The molecule has 2 atom stereocenters. The molecule has 3 heterocycles. The highest BCUT2D eigenvalue weighted by atomic mass is 19.2. The Hall–Kier alpha value is -3.06. The summed E-state index contributed by atoms with van der Waals surface area (Å²) in [6.07, 6.45) is 7.70. The number of hydrazine groups is 1. The Labute approximate surface area is 162 Å².